The fourth-order valence-electron chi connectivity index (χ4n) is 2.22. The summed E-state index contributed by atoms with van der Waals surface area (Å²) >= 11 is 5.98. The lowest BCUT2D eigenvalue weighted by molar-refractivity contribution is 0.522. The van der Waals surface area contributed by atoms with Crippen LogP contribution in [-0.4, -0.2) is 26.7 Å². The Hall–Kier alpha value is -1.46. The van der Waals surface area contributed by atoms with Gasteiger partial charge in [-0.05, 0) is 36.1 Å². The average Bonchev–Trinajstić information content (AvgIpc) is 2.94. The van der Waals surface area contributed by atoms with E-state index in [1.807, 2.05) is 12.1 Å². The summed E-state index contributed by atoms with van der Waals surface area (Å²) in [6, 6.07) is 6.53. The van der Waals surface area contributed by atoms with Gasteiger partial charge < -0.3 is 5.32 Å². The number of hydrogen-bond donors (Lipinski definition) is 2. The first kappa shape index (κ1) is 10.7. The van der Waals surface area contributed by atoms with E-state index >= 15 is 0 Å². The lowest BCUT2D eigenvalue weighted by Crippen LogP contribution is -2.29. The van der Waals surface area contributed by atoms with E-state index in [4.69, 9.17) is 11.6 Å². The Morgan fingerprint density at radius 1 is 1.35 bits per heavy atom. The molecule has 0 fully saturated rings. The van der Waals surface area contributed by atoms with Gasteiger partial charge in [0, 0.05) is 11.1 Å². The number of aromatic amines is 1. The zero-order valence-electron chi connectivity index (χ0n) is 9.15. The molecule has 1 unspecified atom stereocenters. The van der Waals surface area contributed by atoms with E-state index < -0.39 is 0 Å². The predicted octanol–water partition coefficient (Wildman–Crippen LogP) is 1.11. The van der Waals surface area contributed by atoms with Gasteiger partial charge in [-0.2, -0.15) is 5.21 Å². The number of nitrogens with zero attached hydrogens (tertiary/aromatic N) is 3. The summed E-state index contributed by atoms with van der Waals surface area (Å²) in [4.78, 5) is 0. The number of aromatic nitrogens is 4. The van der Waals surface area contributed by atoms with Crippen LogP contribution in [0.25, 0.3) is 0 Å². The van der Waals surface area contributed by atoms with Gasteiger partial charge in [0.2, 0.25) is 0 Å². The molecule has 6 heteroatoms. The molecule has 1 aromatic carbocycles. The number of hydrogen-bond acceptors (Lipinski definition) is 4. The maximum atomic E-state index is 5.98. The molecular weight excluding hydrogens is 238 g/mol. The van der Waals surface area contributed by atoms with Gasteiger partial charge in [0.15, 0.2) is 5.82 Å². The summed E-state index contributed by atoms with van der Waals surface area (Å²) in [7, 11) is 0. The van der Waals surface area contributed by atoms with Crippen molar-refractivity contribution in [2.45, 2.75) is 25.4 Å². The van der Waals surface area contributed by atoms with Crippen molar-refractivity contribution < 1.29 is 0 Å². The fourth-order valence-corrected chi connectivity index (χ4v) is 2.42. The molecule has 2 N–H and O–H groups in total. The zero-order valence-corrected chi connectivity index (χ0v) is 9.91. The van der Waals surface area contributed by atoms with Gasteiger partial charge in [-0.3, -0.25) is 0 Å². The molecular formula is C11H12ClN5. The Labute approximate surface area is 104 Å². The lowest BCUT2D eigenvalue weighted by atomic mass is 10.1. The van der Waals surface area contributed by atoms with E-state index in [9.17, 15) is 0 Å². The average molecular weight is 250 g/mol. The highest BCUT2D eigenvalue weighted by Gasteiger charge is 2.21. The highest BCUT2D eigenvalue weighted by Crippen LogP contribution is 2.25. The van der Waals surface area contributed by atoms with Crippen LogP contribution in [0.2, 0.25) is 5.02 Å². The van der Waals surface area contributed by atoms with Gasteiger partial charge in [0.25, 0.3) is 0 Å². The van der Waals surface area contributed by atoms with E-state index in [0.717, 1.165) is 17.9 Å². The van der Waals surface area contributed by atoms with Gasteiger partial charge in [-0.25, -0.2) is 0 Å². The Bertz CT molecular complexity index is 511. The summed E-state index contributed by atoms with van der Waals surface area (Å²) in [5, 5.41) is 18.0. The highest BCUT2D eigenvalue weighted by molar-refractivity contribution is 6.30. The second-order valence-electron chi connectivity index (χ2n) is 4.23. The summed E-state index contributed by atoms with van der Waals surface area (Å²) in [5.74, 6) is 0.694. The lowest BCUT2D eigenvalue weighted by Gasteiger charge is -2.09. The molecule has 3 rings (SSSR count). The van der Waals surface area contributed by atoms with Crippen molar-refractivity contribution in [1.82, 2.24) is 25.9 Å². The quantitative estimate of drug-likeness (QED) is 0.855. The summed E-state index contributed by atoms with van der Waals surface area (Å²) in [5.41, 5.74) is 2.71. The van der Waals surface area contributed by atoms with Crippen molar-refractivity contribution in [1.29, 1.82) is 0 Å². The van der Waals surface area contributed by atoms with Crippen molar-refractivity contribution in [2.24, 2.45) is 0 Å². The van der Waals surface area contributed by atoms with Gasteiger partial charge in [-0.15, -0.1) is 10.2 Å². The topological polar surface area (TPSA) is 66.5 Å². The van der Waals surface area contributed by atoms with Crippen LogP contribution in [0.5, 0.6) is 0 Å². The zero-order chi connectivity index (χ0) is 11.7. The first-order chi connectivity index (χ1) is 8.31. The number of nitrogens with one attached hydrogen (secondary N) is 2. The van der Waals surface area contributed by atoms with Gasteiger partial charge in [-0.1, -0.05) is 22.9 Å². The van der Waals surface area contributed by atoms with E-state index in [1.54, 1.807) is 0 Å². The van der Waals surface area contributed by atoms with E-state index in [-0.39, 0.29) is 0 Å². The third-order valence-electron chi connectivity index (χ3n) is 3.04. The number of halogens is 1. The van der Waals surface area contributed by atoms with Crippen LogP contribution in [0.1, 0.15) is 17.0 Å². The Balaban J connectivity index is 1.62. The highest BCUT2D eigenvalue weighted by atomic mass is 35.5. The molecule has 2 aromatic rings. The van der Waals surface area contributed by atoms with Crippen LogP contribution >= 0.6 is 11.6 Å². The molecule has 0 bridgehead atoms. The van der Waals surface area contributed by atoms with Crippen LogP contribution < -0.4 is 5.32 Å². The smallest absolute Gasteiger partial charge is 0.188 e. The van der Waals surface area contributed by atoms with Crippen LogP contribution in [0.4, 0.5) is 0 Å². The molecule has 0 amide bonds. The first-order valence-corrected chi connectivity index (χ1v) is 5.92. The molecule has 17 heavy (non-hydrogen) atoms. The minimum Gasteiger partial charge on any atom is -0.306 e. The van der Waals surface area contributed by atoms with E-state index in [1.165, 1.54) is 11.1 Å². The van der Waals surface area contributed by atoms with Crippen molar-refractivity contribution in [3.8, 4) is 0 Å². The first-order valence-electron chi connectivity index (χ1n) is 5.54. The molecule has 0 aliphatic heterocycles. The van der Waals surface area contributed by atoms with Crippen molar-refractivity contribution in [3.05, 3.63) is 40.2 Å². The largest absolute Gasteiger partial charge is 0.306 e. The van der Waals surface area contributed by atoms with E-state index in [2.05, 4.69) is 32.0 Å². The molecule has 0 saturated carbocycles. The normalized spacial score (nSPS) is 18.3. The fraction of sp³-hybridized carbons (Fsp3) is 0.364. The minimum atomic E-state index is 0.432. The SMILES string of the molecule is Clc1ccc2c(c1)CC(NCc1nn[nH]n1)C2. The molecule has 1 atom stereocenters. The maximum absolute atomic E-state index is 5.98. The van der Waals surface area contributed by atoms with Crippen LogP contribution in [0.15, 0.2) is 18.2 Å². The van der Waals surface area contributed by atoms with Crippen molar-refractivity contribution in [2.75, 3.05) is 0 Å². The van der Waals surface area contributed by atoms with Crippen molar-refractivity contribution >= 4 is 11.6 Å². The standard InChI is InChI=1S/C11H12ClN5/c12-9-2-1-7-4-10(5-8(7)3-9)13-6-11-14-16-17-15-11/h1-3,10,13H,4-6H2,(H,14,15,16,17). The van der Waals surface area contributed by atoms with Crippen LogP contribution in [0.3, 0.4) is 0 Å². The second kappa shape index (κ2) is 4.43. The van der Waals surface area contributed by atoms with Crippen LogP contribution in [0, 0.1) is 0 Å². The molecule has 0 spiro atoms. The Morgan fingerprint density at radius 3 is 3.06 bits per heavy atom. The molecule has 1 heterocycles. The van der Waals surface area contributed by atoms with Gasteiger partial charge in [0.05, 0.1) is 6.54 Å². The van der Waals surface area contributed by atoms with Gasteiger partial charge in [0.1, 0.15) is 0 Å². The third-order valence-corrected chi connectivity index (χ3v) is 3.27. The molecule has 1 aliphatic rings. The molecule has 88 valence electrons. The molecule has 1 aliphatic carbocycles. The number of fused-ring (bicyclic) bond motifs is 1. The monoisotopic (exact) mass is 249 g/mol. The number of rotatable bonds is 3. The van der Waals surface area contributed by atoms with Crippen molar-refractivity contribution in [3.63, 3.8) is 0 Å². The second-order valence-corrected chi connectivity index (χ2v) is 4.66. The summed E-state index contributed by atoms with van der Waals surface area (Å²) in [6.45, 7) is 0.642. The predicted molar refractivity (Wildman–Crippen MR) is 63.7 cm³/mol. The van der Waals surface area contributed by atoms with E-state index in [0.29, 0.717) is 18.4 Å². The number of benzene rings is 1. The van der Waals surface area contributed by atoms with Gasteiger partial charge >= 0.3 is 0 Å². The molecule has 5 nitrogen and oxygen atoms in total. The number of tetrazole rings is 1. The summed E-state index contributed by atoms with van der Waals surface area (Å²) in [6.07, 6.45) is 2.04. The Kier molecular flexibility index (Phi) is 2.78. The number of H-pyrrole nitrogens is 1. The molecule has 0 saturated heterocycles. The third kappa shape index (κ3) is 2.30. The minimum absolute atomic E-state index is 0.432. The molecule has 0 radical (unpaired) electrons. The maximum Gasteiger partial charge on any atom is 0.188 e. The Morgan fingerprint density at radius 2 is 2.24 bits per heavy atom. The molecule has 1 aromatic heterocycles. The van der Waals surface area contributed by atoms with Crippen LogP contribution in [-0.2, 0) is 19.4 Å². The summed E-state index contributed by atoms with van der Waals surface area (Å²) < 4.78 is 0.